The van der Waals surface area contributed by atoms with Gasteiger partial charge in [0.1, 0.15) is 0 Å². The van der Waals surface area contributed by atoms with Crippen molar-refractivity contribution >= 4 is 0 Å². The number of rotatable bonds is 2. The molecule has 1 N–H and O–H groups in total. The van der Waals surface area contributed by atoms with E-state index in [0.717, 1.165) is 6.42 Å². The van der Waals surface area contributed by atoms with Gasteiger partial charge >= 0.3 is 0 Å². The monoisotopic (exact) mass is 108 g/mol. The Morgan fingerprint density at radius 1 is 1.75 bits per heavy atom. The number of aromatic nitrogens is 1. The van der Waals surface area contributed by atoms with Crippen LogP contribution in [0.5, 0.6) is 0 Å². The highest BCUT2D eigenvalue weighted by Crippen LogP contribution is 1.97. The summed E-state index contributed by atoms with van der Waals surface area (Å²) in [7, 11) is 0. The molecule has 0 amide bonds. The molecule has 1 heteroatoms. The molecule has 1 heterocycles. The van der Waals surface area contributed by atoms with E-state index in [1.165, 1.54) is 12.0 Å². The van der Waals surface area contributed by atoms with Gasteiger partial charge in [0.25, 0.3) is 0 Å². The second kappa shape index (κ2) is 2.55. The van der Waals surface area contributed by atoms with E-state index in [9.17, 15) is 0 Å². The molecule has 0 aliphatic rings. The fourth-order valence-electron chi connectivity index (χ4n) is 0.733. The molecule has 1 radical (unpaired) electrons. The molecule has 0 unspecified atom stereocenters. The van der Waals surface area contributed by atoms with Gasteiger partial charge < -0.3 is 4.98 Å². The van der Waals surface area contributed by atoms with Crippen LogP contribution in [0.3, 0.4) is 0 Å². The van der Waals surface area contributed by atoms with Crippen molar-refractivity contribution < 1.29 is 0 Å². The summed E-state index contributed by atoms with van der Waals surface area (Å²) in [5.74, 6) is 0. The van der Waals surface area contributed by atoms with E-state index in [4.69, 9.17) is 0 Å². The first-order chi connectivity index (χ1) is 3.93. The molecular weight excluding hydrogens is 98.1 g/mol. The number of aromatic amines is 1. The van der Waals surface area contributed by atoms with E-state index in [0.29, 0.717) is 0 Å². The van der Waals surface area contributed by atoms with Crippen molar-refractivity contribution in [1.29, 1.82) is 0 Å². The van der Waals surface area contributed by atoms with Crippen molar-refractivity contribution in [2.75, 3.05) is 0 Å². The van der Waals surface area contributed by atoms with Gasteiger partial charge in [0.15, 0.2) is 0 Å². The molecule has 0 aliphatic heterocycles. The normalized spacial score (nSPS) is 9.62. The zero-order chi connectivity index (χ0) is 5.82. The Morgan fingerprint density at radius 3 is 3.12 bits per heavy atom. The van der Waals surface area contributed by atoms with E-state index >= 15 is 0 Å². The molecule has 0 saturated heterocycles. The number of nitrogens with one attached hydrogen (secondary N) is 1. The van der Waals surface area contributed by atoms with E-state index in [1.807, 2.05) is 6.20 Å². The lowest BCUT2D eigenvalue weighted by molar-refractivity contribution is 0.922. The smallest absolute Gasteiger partial charge is 0.0654 e. The maximum absolute atomic E-state index is 3.01. The molecule has 0 spiro atoms. The van der Waals surface area contributed by atoms with Gasteiger partial charge in [-0.05, 0) is 18.1 Å². The van der Waals surface area contributed by atoms with Gasteiger partial charge in [0.05, 0.1) is 6.20 Å². The standard InChI is InChI=1S/C7H10N/c1-2-3-7-4-5-8-6-7/h4-5,8H,2-3H2,1H3. The van der Waals surface area contributed by atoms with Gasteiger partial charge in [-0.25, -0.2) is 0 Å². The highest BCUT2D eigenvalue weighted by Gasteiger charge is 1.87. The number of aryl methyl sites for hydroxylation is 1. The highest BCUT2D eigenvalue weighted by molar-refractivity contribution is 5.06. The van der Waals surface area contributed by atoms with Gasteiger partial charge in [0.2, 0.25) is 0 Å². The highest BCUT2D eigenvalue weighted by atomic mass is 14.6. The minimum absolute atomic E-state index is 1.14. The minimum atomic E-state index is 1.14. The van der Waals surface area contributed by atoms with E-state index in [1.54, 1.807) is 0 Å². The molecule has 0 atom stereocenters. The summed E-state index contributed by atoms with van der Waals surface area (Å²) in [5, 5.41) is 0. The third kappa shape index (κ3) is 1.12. The molecular formula is C7H10N. The van der Waals surface area contributed by atoms with Gasteiger partial charge in [0, 0.05) is 6.20 Å². The van der Waals surface area contributed by atoms with Crippen LogP contribution < -0.4 is 0 Å². The second-order valence-corrected chi connectivity index (χ2v) is 1.88. The largest absolute Gasteiger partial charge is 0.360 e. The lowest BCUT2D eigenvalue weighted by Crippen LogP contribution is -1.75. The Hall–Kier alpha value is -0.720. The van der Waals surface area contributed by atoms with Crippen molar-refractivity contribution in [3.8, 4) is 0 Å². The number of hydrogen-bond donors (Lipinski definition) is 1. The Labute approximate surface area is 49.7 Å². The third-order valence-electron chi connectivity index (χ3n) is 1.12. The first-order valence-electron chi connectivity index (χ1n) is 2.97. The molecule has 1 aromatic heterocycles. The Morgan fingerprint density at radius 2 is 2.62 bits per heavy atom. The van der Waals surface area contributed by atoms with E-state index in [2.05, 4.69) is 24.2 Å². The summed E-state index contributed by atoms with van der Waals surface area (Å²) >= 11 is 0. The average molecular weight is 108 g/mol. The summed E-state index contributed by atoms with van der Waals surface area (Å²) in [6.45, 7) is 2.17. The van der Waals surface area contributed by atoms with Crippen molar-refractivity contribution in [3.63, 3.8) is 0 Å². The van der Waals surface area contributed by atoms with E-state index < -0.39 is 0 Å². The Bertz CT molecular complexity index is 130. The molecule has 0 aromatic carbocycles. The van der Waals surface area contributed by atoms with Crippen molar-refractivity contribution in [1.82, 2.24) is 4.98 Å². The first-order valence-corrected chi connectivity index (χ1v) is 2.97. The molecule has 0 saturated carbocycles. The maximum Gasteiger partial charge on any atom is 0.0654 e. The van der Waals surface area contributed by atoms with Gasteiger partial charge in [-0.2, -0.15) is 0 Å². The summed E-state index contributed by atoms with van der Waals surface area (Å²) in [6, 6.07) is 2.06. The van der Waals surface area contributed by atoms with Crippen LogP contribution in [0.4, 0.5) is 0 Å². The zero-order valence-corrected chi connectivity index (χ0v) is 5.07. The lowest BCUT2D eigenvalue weighted by Gasteiger charge is -1.85. The summed E-state index contributed by atoms with van der Waals surface area (Å²) in [4.78, 5) is 2.89. The van der Waals surface area contributed by atoms with E-state index in [-0.39, 0.29) is 0 Å². The summed E-state index contributed by atoms with van der Waals surface area (Å²) in [6.07, 6.45) is 7.27. The van der Waals surface area contributed by atoms with Crippen LogP contribution in [-0.4, -0.2) is 4.98 Å². The van der Waals surface area contributed by atoms with Crippen LogP contribution in [0.25, 0.3) is 0 Å². The Balaban J connectivity index is 2.50. The molecule has 1 aromatic rings. The van der Waals surface area contributed by atoms with Crippen molar-refractivity contribution in [2.45, 2.75) is 19.8 Å². The molecule has 0 fully saturated rings. The van der Waals surface area contributed by atoms with Crippen molar-refractivity contribution in [3.05, 3.63) is 24.0 Å². The molecule has 1 rings (SSSR count). The fraction of sp³-hybridized carbons (Fsp3) is 0.429. The van der Waals surface area contributed by atoms with Gasteiger partial charge in [-0.1, -0.05) is 13.3 Å². The van der Waals surface area contributed by atoms with Crippen molar-refractivity contribution in [2.24, 2.45) is 0 Å². The molecule has 0 bridgehead atoms. The second-order valence-electron chi connectivity index (χ2n) is 1.88. The van der Waals surface area contributed by atoms with Crippen LogP contribution in [0.1, 0.15) is 18.9 Å². The summed E-state index contributed by atoms with van der Waals surface area (Å²) < 4.78 is 0. The SMILES string of the molecule is CCCc1[c][nH]cc1. The van der Waals surface area contributed by atoms with Gasteiger partial charge in [-0.3, -0.25) is 0 Å². The van der Waals surface area contributed by atoms with Crippen LogP contribution in [0.15, 0.2) is 12.3 Å². The Kier molecular flexibility index (Phi) is 1.73. The fourth-order valence-corrected chi connectivity index (χ4v) is 0.733. The predicted octanol–water partition coefficient (Wildman–Crippen LogP) is 1.77. The molecule has 43 valence electrons. The molecule has 1 nitrogen and oxygen atoms in total. The van der Waals surface area contributed by atoms with Crippen LogP contribution in [0, 0.1) is 6.20 Å². The minimum Gasteiger partial charge on any atom is -0.360 e. The maximum atomic E-state index is 3.01. The quantitative estimate of drug-likeness (QED) is 0.594. The zero-order valence-electron chi connectivity index (χ0n) is 5.07. The third-order valence-corrected chi connectivity index (χ3v) is 1.12. The predicted molar refractivity (Wildman–Crippen MR) is 33.6 cm³/mol. The summed E-state index contributed by atoms with van der Waals surface area (Å²) in [5.41, 5.74) is 1.28. The number of H-pyrrole nitrogens is 1. The first kappa shape index (κ1) is 5.42. The van der Waals surface area contributed by atoms with Crippen LogP contribution in [0.2, 0.25) is 0 Å². The topological polar surface area (TPSA) is 15.8 Å². The van der Waals surface area contributed by atoms with Crippen LogP contribution >= 0.6 is 0 Å². The number of hydrogen-bond acceptors (Lipinski definition) is 0. The molecule has 8 heavy (non-hydrogen) atoms. The lowest BCUT2D eigenvalue weighted by atomic mass is 10.2. The van der Waals surface area contributed by atoms with Gasteiger partial charge in [-0.15, -0.1) is 0 Å². The average Bonchev–Trinajstić information content (AvgIpc) is 2.19. The van der Waals surface area contributed by atoms with Crippen LogP contribution in [-0.2, 0) is 6.42 Å². The molecule has 0 aliphatic carbocycles.